The minimum absolute atomic E-state index is 0.0546. The molecule has 1 amide bonds. The Labute approximate surface area is 138 Å². The minimum Gasteiger partial charge on any atom is -0.484 e. The van der Waals surface area contributed by atoms with Crippen molar-refractivity contribution < 1.29 is 17.9 Å². The third kappa shape index (κ3) is 5.23. The fourth-order valence-electron chi connectivity index (χ4n) is 2.81. The zero-order valence-corrected chi connectivity index (χ0v) is 14.6. The molecule has 23 heavy (non-hydrogen) atoms. The third-order valence-corrected chi connectivity index (χ3v) is 6.44. The van der Waals surface area contributed by atoms with Gasteiger partial charge in [0.15, 0.2) is 16.4 Å². The number of sulfone groups is 1. The fourth-order valence-corrected chi connectivity index (χ4v) is 4.95. The van der Waals surface area contributed by atoms with Crippen LogP contribution in [0.2, 0.25) is 0 Å². The highest BCUT2D eigenvalue weighted by Crippen LogP contribution is 2.20. The Bertz CT molecular complexity index is 613. The first-order valence-corrected chi connectivity index (χ1v) is 9.77. The van der Waals surface area contributed by atoms with E-state index >= 15 is 0 Å². The van der Waals surface area contributed by atoms with Crippen LogP contribution in [0.25, 0.3) is 0 Å². The van der Waals surface area contributed by atoms with Gasteiger partial charge in [-0.3, -0.25) is 4.79 Å². The number of nitrogens with zero attached hydrogens (tertiary/aromatic N) is 1. The molecule has 1 aliphatic heterocycles. The lowest BCUT2D eigenvalue weighted by Crippen LogP contribution is -2.47. The number of ether oxygens (including phenoxy) is 1. The predicted molar refractivity (Wildman–Crippen MR) is 90.2 cm³/mol. The van der Waals surface area contributed by atoms with Gasteiger partial charge >= 0.3 is 0 Å². The number of benzene rings is 1. The zero-order chi connectivity index (χ0) is 16.9. The lowest BCUT2D eigenvalue weighted by Gasteiger charge is -2.32. The van der Waals surface area contributed by atoms with Crippen molar-refractivity contribution in [3.63, 3.8) is 0 Å². The largest absolute Gasteiger partial charge is 0.484 e. The van der Waals surface area contributed by atoms with E-state index in [0.717, 1.165) is 6.42 Å². The summed E-state index contributed by atoms with van der Waals surface area (Å²) >= 11 is 0. The van der Waals surface area contributed by atoms with Gasteiger partial charge in [0.05, 0.1) is 11.0 Å². The van der Waals surface area contributed by atoms with Crippen molar-refractivity contribution in [3.05, 3.63) is 30.3 Å². The first-order chi connectivity index (χ1) is 10.9. The summed E-state index contributed by atoms with van der Waals surface area (Å²) in [6.07, 6.45) is 1.36. The third-order valence-electron chi connectivity index (χ3n) is 3.91. The molecule has 1 unspecified atom stereocenters. The van der Waals surface area contributed by atoms with E-state index < -0.39 is 15.1 Å². The monoisotopic (exact) mass is 339 g/mol. The summed E-state index contributed by atoms with van der Waals surface area (Å²) in [4.78, 5) is 13.9. The van der Waals surface area contributed by atoms with Crippen LogP contribution < -0.4 is 4.74 Å². The summed E-state index contributed by atoms with van der Waals surface area (Å²) in [5, 5.41) is -0.445. The maximum Gasteiger partial charge on any atom is 0.260 e. The lowest BCUT2D eigenvalue weighted by atomic mass is 10.1. The van der Waals surface area contributed by atoms with Crippen molar-refractivity contribution in [2.75, 3.05) is 25.4 Å². The van der Waals surface area contributed by atoms with E-state index in [-0.39, 0.29) is 30.7 Å². The second-order valence-electron chi connectivity index (χ2n) is 6.43. The van der Waals surface area contributed by atoms with Gasteiger partial charge in [-0.25, -0.2) is 8.42 Å². The topological polar surface area (TPSA) is 63.7 Å². The normalized spacial score (nSPS) is 18.9. The van der Waals surface area contributed by atoms with E-state index in [1.165, 1.54) is 0 Å². The average Bonchev–Trinajstić information content (AvgIpc) is 2.52. The van der Waals surface area contributed by atoms with E-state index in [2.05, 4.69) is 0 Å². The minimum atomic E-state index is -3.15. The molecule has 0 aliphatic carbocycles. The van der Waals surface area contributed by atoms with Gasteiger partial charge in [-0.15, -0.1) is 0 Å². The van der Waals surface area contributed by atoms with Crippen molar-refractivity contribution in [1.82, 2.24) is 4.90 Å². The number of hydrogen-bond acceptors (Lipinski definition) is 4. The molecule has 1 saturated heterocycles. The van der Waals surface area contributed by atoms with Crippen LogP contribution in [0.5, 0.6) is 5.75 Å². The molecule has 0 N–H and O–H groups in total. The molecule has 6 heteroatoms. The highest BCUT2D eigenvalue weighted by molar-refractivity contribution is 7.92. The molecule has 1 aliphatic rings. The van der Waals surface area contributed by atoms with E-state index in [4.69, 9.17) is 4.74 Å². The maximum absolute atomic E-state index is 12.4. The van der Waals surface area contributed by atoms with Gasteiger partial charge in [-0.2, -0.15) is 0 Å². The second kappa shape index (κ2) is 7.81. The Morgan fingerprint density at radius 3 is 2.65 bits per heavy atom. The standard InChI is InChI=1S/C17H25NO4S/c1-14(2)13-23(20,21)16-9-6-10-18(11-16)17(19)12-22-15-7-4-3-5-8-15/h3-5,7-8,14,16H,6,9-13H2,1-2H3. The van der Waals surface area contributed by atoms with Crippen LogP contribution in [0, 0.1) is 5.92 Å². The molecular formula is C17H25NO4S. The molecule has 1 atom stereocenters. The Balaban J connectivity index is 1.91. The molecule has 2 rings (SSSR count). The summed E-state index contributed by atoms with van der Waals surface area (Å²) in [7, 11) is -3.15. The zero-order valence-electron chi connectivity index (χ0n) is 13.8. The molecular weight excluding hydrogens is 314 g/mol. The SMILES string of the molecule is CC(C)CS(=O)(=O)C1CCCN(C(=O)COc2ccccc2)C1. The Morgan fingerprint density at radius 2 is 2.00 bits per heavy atom. The number of carbonyl (C=O) groups is 1. The van der Waals surface area contributed by atoms with Gasteiger partial charge in [0, 0.05) is 13.1 Å². The van der Waals surface area contributed by atoms with Crippen LogP contribution in [0.1, 0.15) is 26.7 Å². The summed E-state index contributed by atoms with van der Waals surface area (Å²) in [6, 6.07) is 9.15. The molecule has 0 bridgehead atoms. The van der Waals surface area contributed by atoms with Crippen LogP contribution >= 0.6 is 0 Å². The van der Waals surface area contributed by atoms with E-state index in [1.807, 2.05) is 32.0 Å². The first kappa shape index (κ1) is 17.8. The predicted octanol–water partition coefficient (Wildman–Crippen LogP) is 2.13. The molecule has 128 valence electrons. The molecule has 0 radical (unpaired) electrons. The molecule has 5 nitrogen and oxygen atoms in total. The van der Waals surface area contributed by atoms with Crippen LogP contribution in [-0.4, -0.2) is 49.9 Å². The number of carbonyl (C=O) groups excluding carboxylic acids is 1. The van der Waals surface area contributed by atoms with Crippen molar-refractivity contribution in [2.45, 2.75) is 31.9 Å². The number of rotatable bonds is 6. The smallest absolute Gasteiger partial charge is 0.260 e. The van der Waals surface area contributed by atoms with Gasteiger partial charge in [-0.1, -0.05) is 32.0 Å². The summed E-state index contributed by atoms with van der Waals surface area (Å²) in [5.74, 6) is 0.771. The van der Waals surface area contributed by atoms with Crippen molar-refractivity contribution >= 4 is 15.7 Å². The second-order valence-corrected chi connectivity index (χ2v) is 8.75. The average molecular weight is 339 g/mol. The van der Waals surface area contributed by atoms with E-state index in [9.17, 15) is 13.2 Å². The number of amides is 1. The molecule has 1 fully saturated rings. The van der Waals surface area contributed by atoms with Gasteiger partial charge in [0.1, 0.15) is 5.75 Å². The molecule has 1 aromatic carbocycles. The van der Waals surface area contributed by atoms with E-state index in [1.54, 1.807) is 17.0 Å². The summed E-state index contributed by atoms with van der Waals surface area (Å²) in [5.41, 5.74) is 0. The molecule has 1 aromatic rings. The molecule has 1 heterocycles. The highest BCUT2D eigenvalue weighted by atomic mass is 32.2. The summed E-state index contributed by atoms with van der Waals surface area (Å²) in [6.45, 7) is 4.63. The van der Waals surface area contributed by atoms with Gasteiger partial charge in [-0.05, 0) is 30.9 Å². The fraction of sp³-hybridized carbons (Fsp3) is 0.588. The molecule has 0 saturated carbocycles. The number of likely N-dealkylation sites (tertiary alicyclic amines) is 1. The van der Waals surface area contributed by atoms with Gasteiger partial charge in [0.25, 0.3) is 5.91 Å². The van der Waals surface area contributed by atoms with E-state index in [0.29, 0.717) is 18.7 Å². The Hall–Kier alpha value is -1.56. The van der Waals surface area contributed by atoms with Crippen LogP contribution in [0.3, 0.4) is 0 Å². The van der Waals surface area contributed by atoms with Gasteiger partial charge in [0.2, 0.25) is 0 Å². The highest BCUT2D eigenvalue weighted by Gasteiger charge is 2.32. The quantitative estimate of drug-likeness (QED) is 0.796. The van der Waals surface area contributed by atoms with Crippen LogP contribution in [0.15, 0.2) is 30.3 Å². The Kier molecular flexibility index (Phi) is 6.04. The number of para-hydroxylation sites is 1. The van der Waals surface area contributed by atoms with Gasteiger partial charge < -0.3 is 9.64 Å². The van der Waals surface area contributed by atoms with Crippen molar-refractivity contribution in [3.8, 4) is 5.75 Å². The maximum atomic E-state index is 12.4. The molecule has 0 aromatic heterocycles. The summed E-state index contributed by atoms with van der Waals surface area (Å²) < 4.78 is 30.2. The Morgan fingerprint density at radius 1 is 1.30 bits per heavy atom. The van der Waals surface area contributed by atoms with Crippen molar-refractivity contribution in [2.24, 2.45) is 5.92 Å². The number of piperidine rings is 1. The van der Waals surface area contributed by atoms with Crippen LogP contribution in [-0.2, 0) is 14.6 Å². The first-order valence-electron chi connectivity index (χ1n) is 8.05. The van der Waals surface area contributed by atoms with Crippen molar-refractivity contribution in [1.29, 1.82) is 0 Å². The molecule has 0 spiro atoms. The number of hydrogen-bond donors (Lipinski definition) is 0. The lowest BCUT2D eigenvalue weighted by molar-refractivity contribution is -0.134. The van der Waals surface area contributed by atoms with Crippen LogP contribution in [0.4, 0.5) is 0 Å².